The van der Waals surface area contributed by atoms with Crippen LogP contribution >= 0.6 is 11.3 Å². The van der Waals surface area contributed by atoms with E-state index in [1.54, 1.807) is 49.4 Å². The van der Waals surface area contributed by atoms with Crippen molar-refractivity contribution in [1.82, 2.24) is 19.7 Å². The molecule has 1 fully saturated rings. The Morgan fingerprint density at radius 2 is 2.00 bits per heavy atom. The minimum absolute atomic E-state index is 0.138. The molecule has 0 spiro atoms. The highest BCUT2D eigenvalue weighted by Crippen LogP contribution is 2.39. The molecule has 0 radical (unpaired) electrons. The molecule has 0 saturated carbocycles. The van der Waals surface area contributed by atoms with Crippen LogP contribution in [0, 0.1) is 11.8 Å². The first kappa shape index (κ1) is 28.7. The van der Waals surface area contributed by atoms with Gasteiger partial charge in [0.25, 0.3) is 0 Å². The largest absolute Gasteiger partial charge is 0.495 e. The fourth-order valence-corrected chi connectivity index (χ4v) is 6.06. The van der Waals surface area contributed by atoms with Gasteiger partial charge in [-0.1, -0.05) is 24.0 Å². The molecule has 4 aromatic rings. The van der Waals surface area contributed by atoms with Gasteiger partial charge in [-0.25, -0.2) is 9.37 Å². The molecule has 1 aliphatic heterocycles. The highest BCUT2D eigenvalue weighted by atomic mass is 32.1. The van der Waals surface area contributed by atoms with Gasteiger partial charge >= 0.3 is 6.18 Å². The van der Waals surface area contributed by atoms with Crippen LogP contribution in [0.3, 0.4) is 0 Å². The number of benzene rings is 2. The Labute approximate surface area is 239 Å². The van der Waals surface area contributed by atoms with Crippen LogP contribution in [-0.2, 0) is 13.5 Å². The van der Waals surface area contributed by atoms with Crippen LogP contribution in [0.4, 0.5) is 28.9 Å². The smallest absolute Gasteiger partial charge is 0.393 e. The number of likely N-dealkylation sites (tertiary alicyclic amines) is 1. The van der Waals surface area contributed by atoms with Gasteiger partial charge in [-0.15, -0.1) is 11.3 Å². The van der Waals surface area contributed by atoms with E-state index >= 15 is 0 Å². The summed E-state index contributed by atoms with van der Waals surface area (Å²) in [6, 6.07) is 10.2. The molecule has 2 aromatic heterocycles. The van der Waals surface area contributed by atoms with E-state index in [4.69, 9.17) is 4.74 Å². The quantitative estimate of drug-likeness (QED) is 0.213. The van der Waals surface area contributed by atoms with E-state index in [1.165, 1.54) is 11.3 Å². The number of alkyl halides is 4. The molecule has 3 heterocycles. The second kappa shape index (κ2) is 12.0. The molecule has 0 amide bonds. The zero-order valence-electron chi connectivity index (χ0n) is 22.8. The molecule has 2 N–H and O–H groups in total. The third kappa shape index (κ3) is 6.74. The monoisotopic (exact) mass is 586 g/mol. The summed E-state index contributed by atoms with van der Waals surface area (Å²) in [5.41, 5.74) is 2.23. The second-order valence-corrected chi connectivity index (χ2v) is 11.0. The molecule has 216 valence electrons. The summed E-state index contributed by atoms with van der Waals surface area (Å²) in [6.45, 7) is 1.24. The van der Waals surface area contributed by atoms with Crippen molar-refractivity contribution in [3.05, 3.63) is 53.2 Å². The van der Waals surface area contributed by atoms with Gasteiger partial charge in [0.2, 0.25) is 0 Å². The van der Waals surface area contributed by atoms with Crippen LogP contribution in [0.25, 0.3) is 21.5 Å². The average Bonchev–Trinajstić information content (AvgIpc) is 3.51. The number of hydrogen-bond acceptors (Lipinski definition) is 7. The van der Waals surface area contributed by atoms with Crippen molar-refractivity contribution in [3.63, 3.8) is 0 Å². The van der Waals surface area contributed by atoms with Gasteiger partial charge in [0.15, 0.2) is 5.82 Å². The summed E-state index contributed by atoms with van der Waals surface area (Å²) in [5.74, 6) is 7.04. The second-order valence-electron chi connectivity index (χ2n) is 10.0. The Hall–Kier alpha value is -3.82. The van der Waals surface area contributed by atoms with Crippen LogP contribution < -0.4 is 15.4 Å². The molecule has 41 heavy (non-hydrogen) atoms. The van der Waals surface area contributed by atoms with Crippen LogP contribution in [0.2, 0.25) is 0 Å². The van der Waals surface area contributed by atoms with Gasteiger partial charge in [0.05, 0.1) is 47.1 Å². The number of aryl methyl sites for hydroxylation is 1. The molecule has 12 heteroatoms. The molecule has 2 atom stereocenters. The van der Waals surface area contributed by atoms with Crippen LogP contribution in [0.5, 0.6) is 5.75 Å². The Morgan fingerprint density at radius 3 is 2.71 bits per heavy atom. The molecule has 1 aliphatic rings. The first-order valence-corrected chi connectivity index (χ1v) is 13.9. The molecule has 1 saturated heterocycles. The topological polar surface area (TPSA) is 67.2 Å². The summed E-state index contributed by atoms with van der Waals surface area (Å²) < 4.78 is 63.2. The zero-order valence-corrected chi connectivity index (χ0v) is 23.7. The Kier molecular flexibility index (Phi) is 8.37. The van der Waals surface area contributed by atoms with E-state index in [1.807, 2.05) is 24.1 Å². The van der Waals surface area contributed by atoms with Crippen LogP contribution in [0.15, 0.2) is 42.7 Å². The summed E-state index contributed by atoms with van der Waals surface area (Å²) in [6.07, 6.45) is -4.35. The SMILES string of the molecule is COc1cc(-c2ncn(C)n2)ccc1NCC#Cc1sc2c(NC3CCN(C)CC3F)cccc2c1CC(F)(F)F. The van der Waals surface area contributed by atoms with E-state index in [0.29, 0.717) is 50.9 Å². The number of nitrogens with one attached hydrogen (secondary N) is 2. The highest BCUT2D eigenvalue weighted by Gasteiger charge is 2.32. The van der Waals surface area contributed by atoms with Crippen molar-refractivity contribution < 1.29 is 22.3 Å². The van der Waals surface area contributed by atoms with Crippen LogP contribution in [0.1, 0.15) is 16.9 Å². The van der Waals surface area contributed by atoms with E-state index in [-0.39, 0.29) is 12.1 Å². The number of thiophene rings is 1. The number of fused-ring (bicyclic) bond motifs is 1. The first-order chi connectivity index (χ1) is 19.6. The molecule has 5 rings (SSSR count). The summed E-state index contributed by atoms with van der Waals surface area (Å²) in [4.78, 5) is 6.52. The lowest BCUT2D eigenvalue weighted by Crippen LogP contribution is -2.46. The number of hydrogen-bond donors (Lipinski definition) is 2. The molecule has 0 aliphatic carbocycles. The van der Waals surface area contributed by atoms with E-state index in [0.717, 1.165) is 12.1 Å². The normalized spacial score (nSPS) is 17.7. The van der Waals surface area contributed by atoms with Crippen molar-refractivity contribution >= 4 is 32.8 Å². The number of halogens is 4. The van der Waals surface area contributed by atoms with Crippen molar-refractivity contribution in [2.45, 2.75) is 31.2 Å². The van der Waals surface area contributed by atoms with Gasteiger partial charge in [0, 0.05) is 25.7 Å². The van der Waals surface area contributed by atoms with E-state index in [2.05, 4.69) is 32.6 Å². The van der Waals surface area contributed by atoms with Gasteiger partial charge in [-0.3, -0.25) is 4.68 Å². The molecular weight excluding hydrogens is 556 g/mol. The molecule has 7 nitrogen and oxygen atoms in total. The van der Waals surface area contributed by atoms with Crippen molar-refractivity contribution in [3.8, 4) is 29.0 Å². The lowest BCUT2D eigenvalue weighted by atomic mass is 10.0. The fourth-order valence-electron chi connectivity index (χ4n) is 4.89. The number of methoxy groups -OCH3 is 1. The maximum absolute atomic E-state index is 14.7. The number of nitrogens with zero attached hydrogens (tertiary/aromatic N) is 4. The summed E-state index contributed by atoms with van der Waals surface area (Å²) in [5, 5.41) is 11.2. The Balaban J connectivity index is 1.38. The van der Waals surface area contributed by atoms with Crippen molar-refractivity contribution in [1.29, 1.82) is 0 Å². The van der Waals surface area contributed by atoms with Crippen molar-refractivity contribution in [2.24, 2.45) is 7.05 Å². The maximum atomic E-state index is 14.7. The third-order valence-electron chi connectivity index (χ3n) is 6.91. The fraction of sp³-hybridized carbons (Fsp3) is 0.379. The standard InChI is InChI=1S/C29H30F4N6OS/c1-38-13-11-22(21(30)16-38)36-24-7-4-6-19-20(15-29(31,32)33)26(41-27(19)24)8-5-12-34-23-10-9-18(14-25(23)40-3)28-35-17-39(2)37-28/h4,6-7,9-10,14,17,21-22,34,36H,11-13,15-16H2,1-3H3. The first-order valence-electron chi connectivity index (χ1n) is 13.1. The third-order valence-corrected chi connectivity index (χ3v) is 8.11. The maximum Gasteiger partial charge on any atom is 0.393 e. The molecule has 0 bridgehead atoms. The lowest BCUT2D eigenvalue weighted by Gasteiger charge is -2.33. The number of anilines is 2. The summed E-state index contributed by atoms with van der Waals surface area (Å²) in [7, 11) is 5.20. The highest BCUT2D eigenvalue weighted by molar-refractivity contribution is 7.20. The van der Waals surface area contributed by atoms with Crippen LogP contribution in [-0.4, -0.2) is 71.8 Å². The van der Waals surface area contributed by atoms with Crippen molar-refractivity contribution in [2.75, 3.05) is 44.4 Å². The molecule has 2 unspecified atom stereocenters. The number of aromatic nitrogens is 3. The zero-order chi connectivity index (χ0) is 29.1. The van der Waals surface area contributed by atoms with Gasteiger partial charge < -0.3 is 20.3 Å². The van der Waals surface area contributed by atoms with Gasteiger partial charge in [-0.2, -0.15) is 18.3 Å². The Morgan fingerprint density at radius 1 is 1.17 bits per heavy atom. The molecule has 2 aromatic carbocycles. The number of piperidine rings is 1. The number of rotatable bonds is 7. The average molecular weight is 587 g/mol. The predicted molar refractivity (Wildman–Crippen MR) is 154 cm³/mol. The van der Waals surface area contributed by atoms with Gasteiger partial charge in [-0.05, 0) is 48.7 Å². The van der Waals surface area contributed by atoms with E-state index < -0.39 is 24.8 Å². The van der Waals surface area contributed by atoms with E-state index in [9.17, 15) is 17.6 Å². The molecular formula is C29H30F4N6OS. The minimum Gasteiger partial charge on any atom is -0.495 e. The Bertz CT molecular complexity index is 1590. The lowest BCUT2D eigenvalue weighted by molar-refractivity contribution is -0.126. The van der Waals surface area contributed by atoms with Gasteiger partial charge in [0.1, 0.15) is 18.2 Å². The number of ether oxygens (including phenoxy) is 1. The minimum atomic E-state index is -4.40. The summed E-state index contributed by atoms with van der Waals surface area (Å²) >= 11 is 1.20. The predicted octanol–water partition coefficient (Wildman–Crippen LogP) is 5.73.